The Hall–Kier alpha value is -2.49. The number of carbonyl (C=O) groups excluding carboxylic acids is 3. The lowest BCUT2D eigenvalue weighted by Crippen LogP contribution is -2.55. The highest BCUT2D eigenvalue weighted by atomic mass is 16.2. The van der Waals surface area contributed by atoms with Crippen LogP contribution in [0, 0.1) is 0 Å². The van der Waals surface area contributed by atoms with E-state index < -0.39 is 0 Å². The summed E-state index contributed by atoms with van der Waals surface area (Å²) < 4.78 is 0. The van der Waals surface area contributed by atoms with Crippen LogP contribution in [0.15, 0.2) is 38.0 Å². The van der Waals surface area contributed by atoms with Gasteiger partial charge in [-0.1, -0.05) is 19.7 Å². The summed E-state index contributed by atoms with van der Waals surface area (Å²) in [5, 5.41) is 0. The second-order valence-electron chi connectivity index (χ2n) is 12.0. The maximum Gasteiger partial charge on any atom is 0.246 e. The van der Waals surface area contributed by atoms with E-state index >= 15 is 0 Å². The van der Waals surface area contributed by atoms with Crippen molar-refractivity contribution in [3.8, 4) is 0 Å². The van der Waals surface area contributed by atoms with E-state index in [1.807, 2.05) is 14.7 Å². The first-order chi connectivity index (χ1) is 19.3. The Labute approximate surface area is 250 Å². The van der Waals surface area contributed by atoms with Gasteiger partial charge in [0.1, 0.15) is 0 Å². The van der Waals surface area contributed by atoms with Crippen molar-refractivity contribution >= 4 is 17.7 Å². The summed E-state index contributed by atoms with van der Waals surface area (Å²) in [5.41, 5.74) is 0. The Balaban J connectivity index is 0.000000308. The largest absolute Gasteiger partial charge is 0.337 e. The molecule has 0 spiro atoms. The third-order valence-corrected chi connectivity index (χ3v) is 8.21. The molecule has 0 aromatic carbocycles. The molecule has 2 atom stereocenters. The van der Waals surface area contributed by atoms with E-state index in [0.29, 0.717) is 30.2 Å². The van der Waals surface area contributed by atoms with Crippen LogP contribution < -0.4 is 0 Å². The van der Waals surface area contributed by atoms with E-state index in [1.165, 1.54) is 18.2 Å². The molecule has 0 aromatic rings. The molecular formula is C32H58N6O3. The minimum absolute atomic E-state index is 0.0558. The first-order valence-corrected chi connectivity index (χ1v) is 15.3. The van der Waals surface area contributed by atoms with Crippen LogP contribution in [-0.4, -0.2) is 143 Å². The van der Waals surface area contributed by atoms with Crippen molar-refractivity contribution in [2.45, 2.75) is 85.6 Å². The molecule has 41 heavy (non-hydrogen) atoms. The van der Waals surface area contributed by atoms with Crippen molar-refractivity contribution < 1.29 is 14.4 Å². The van der Waals surface area contributed by atoms with E-state index in [2.05, 4.69) is 89.8 Å². The van der Waals surface area contributed by atoms with Gasteiger partial charge >= 0.3 is 0 Å². The van der Waals surface area contributed by atoms with Gasteiger partial charge in [0.2, 0.25) is 17.7 Å². The van der Waals surface area contributed by atoms with Gasteiger partial charge in [0, 0.05) is 95.7 Å². The summed E-state index contributed by atoms with van der Waals surface area (Å²) in [4.78, 5) is 46.9. The third-order valence-electron chi connectivity index (χ3n) is 8.21. The van der Waals surface area contributed by atoms with Crippen LogP contribution in [0.5, 0.6) is 0 Å². The van der Waals surface area contributed by atoms with Gasteiger partial charge in [-0.3, -0.25) is 29.1 Å². The molecular weight excluding hydrogens is 516 g/mol. The maximum atomic E-state index is 11.4. The highest BCUT2D eigenvalue weighted by molar-refractivity contribution is 5.88. The van der Waals surface area contributed by atoms with Crippen molar-refractivity contribution in [3.63, 3.8) is 0 Å². The van der Waals surface area contributed by atoms with Gasteiger partial charge in [-0.25, -0.2) is 0 Å². The number of hydrogen-bond acceptors (Lipinski definition) is 6. The minimum Gasteiger partial charge on any atom is -0.337 e. The van der Waals surface area contributed by atoms with Crippen LogP contribution in [0.3, 0.4) is 0 Å². The van der Waals surface area contributed by atoms with Gasteiger partial charge in [0.15, 0.2) is 0 Å². The van der Waals surface area contributed by atoms with Crippen molar-refractivity contribution in [3.05, 3.63) is 38.0 Å². The number of rotatable bonds is 6. The Morgan fingerprint density at radius 1 is 0.561 bits per heavy atom. The van der Waals surface area contributed by atoms with Crippen LogP contribution in [0.1, 0.15) is 55.4 Å². The van der Waals surface area contributed by atoms with E-state index in [-0.39, 0.29) is 17.7 Å². The molecule has 3 amide bonds. The molecule has 3 aliphatic rings. The first kappa shape index (κ1) is 36.5. The lowest BCUT2D eigenvalue weighted by Gasteiger charge is -2.41. The van der Waals surface area contributed by atoms with E-state index in [1.54, 1.807) is 0 Å². The first-order valence-electron chi connectivity index (χ1n) is 15.3. The fourth-order valence-corrected chi connectivity index (χ4v) is 5.56. The zero-order valence-corrected chi connectivity index (χ0v) is 27.2. The molecule has 0 aliphatic carbocycles. The Bertz CT molecular complexity index is 865. The monoisotopic (exact) mass is 574 g/mol. The second kappa shape index (κ2) is 18.1. The highest BCUT2D eigenvalue weighted by Gasteiger charge is 2.28. The second-order valence-corrected chi connectivity index (χ2v) is 12.0. The molecule has 0 bridgehead atoms. The van der Waals surface area contributed by atoms with E-state index in [9.17, 15) is 14.4 Å². The van der Waals surface area contributed by atoms with Crippen LogP contribution in [-0.2, 0) is 14.4 Å². The minimum atomic E-state index is 0.0558. The fraction of sp³-hybridized carbons (Fsp3) is 0.719. The molecule has 0 unspecified atom stereocenters. The third kappa shape index (κ3) is 11.7. The van der Waals surface area contributed by atoms with Gasteiger partial charge in [-0.2, -0.15) is 0 Å². The van der Waals surface area contributed by atoms with E-state index in [0.717, 1.165) is 65.4 Å². The molecule has 3 aliphatic heterocycles. The molecule has 3 saturated heterocycles. The van der Waals surface area contributed by atoms with Crippen molar-refractivity contribution in [1.29, 1.82) is 0 Å². The smallest absolute Gasteiger partial charge is 0.246 e. The summed E-state index contributed by atoms with van der Waals surface area (Å²) in [6.45, 7) is 37.0. The summed E-state index contributed by atoms with van der Waals surface area (Å²) in [6, 6.07) is 2.47. The Kier molecular flexibility index (Phi) is 16.2. The van der Waals surface area contributed by atoms with Gasteiger partial charge < -0.3 is 14.7 Å². The summed E-state index contributed by atoms with van der Waals surface area (Å²) >= 11 is 0. The number of hydrogen-bond donors (Lipinski definition) is 0. The molecule has 0 radical (unpaired) electrons. The fourth-order valence-electron chi connectivity index (χ4n) is 5.56. The van der Waals surface area contributed by atoms with Crippen LogP contribution in [0.2, 0.25) is 0 Å². The van der Waals surface area contributed by atoms with Crippen LogP contribution in [0.4, 0.5) is 0 Å². The molecule has 0 saturated carbocycles. The lowest BCUT2D eigenvalue weighted by atomic mass is 10.1. The molecule has 9 nitrogen and oxygen atoms in total. The zero-order valence-electron chi connectivity index (χ0n) is 27.2. The van der Waals surface area contributed by atoms with Crippen LogP contribution in [0.25, 0.3) is 0 Å². The number of carbonyl (C=O) groups is 3. The SMILES string of the molecule is C=CC(=O)N1CCN(C(C)C)CC1.C=CC(=O)N1CCN(C(C)C)C[C@H]1C.C=CC(=O)N1CCN(C(C)C)[C@@H](C)C1. The van der Waals surface area contributed by atoms with Gasteiger partial charge in [-0.05, 0) is 73.6 Å². The normalized spacial score (nSPS) is 22.5. The maximum absolute atomic E-state index is 11.4. The predicted molar refractivity (Wildman–Crippen MR) is 170 cm³/mol. The summed E-state index contributed by atoms with van der Waals surface area (Å²) in [7, 11) is 0. The molecule has 0 aromatic heterocycles. The average Bonchev–Trinajstić information content (AvgIpc) is 2.96. The standard InChI is InChI=1S/2C11H20N2O.C10H18N2O/c1-5-11(14)12-6-7-13(9(2)3)10(4)8-12;1-5-11(14)13-7-6-12(9(2)3)8-10(13)4;1-4-10(13)12-7-5-11(6-8-12)9(2)3/h2*5,9-10H,1,6-8H2,2-4H3;4,9H,1,5-8H2,2-3H3/t2*10-;/m01./s1. The number of piperazine rings is 3. The molecule has 9 heteroatoms. The molecule has 234 valence electrons. The van der Waals surface area contributed by atoms with Gasteiger partial charge in [0.25, 0.3) is 0 Å². The zero-order chi connectivity index (χ0) is 31.3. The number of amides is 3. The number of nitrogens with zero attached hydrogens (tertiary/aromatic N) is 6. The molecule has 3 heterocycles. The Morgan fingerprint density at radius 3 is 1.44 bits per heavy atom. The topological polar surface area (TPSA) is 70.7 Å². The summed E-state index contributed by atoms with van der Waals surface area (Å²) in [6.07, 6.45) is 4.20. The van der Waals surface area contributed by atoms with Crippen molar-refractivity contribution in [2.75, 3.05) is 65.4 Å². The molecule has 0 N–H and O–H groups in total. The molecule has 3 fully saturated rings. The lowest BCUT2D eigenvalue weighted by molar-refractivity contribution is -0.131. The Morgan fingerprint density at radius 2 is 1.02 bits per heavy atom. The van der Waals surface area contributed by atoms with Crippen molar-refractivity contribution in [1.82, 2.24) is 29.4 Å². The quantitative estimate of drug-likeness (QED) is 0.455. The van der Waals surface area contributed by atoms with Gasteiger partial charge in [-0.15, -0.1) is 0 Å². The average molecular weight is 575 g/mol. The van der Waals surface area contributed by atoms with E-state index in [4.69, 9.17) is 0 Å². The van der Waals surface area contributed by atoms with Crippen molar-refractivity contribution in [2.24, 2.45) is 0 Å². The molecule has 3 rings (SSSR count). The van der Waals surface area contributed by atoms with Crippen LogP contribution >= 0.6 is 0 Å². The predicted octanol–water partition coefficient (Wildman–Crippen LogP) is 2.95. The van der Waals surface area contributed by atoms with Gasteiger partial charge in [0.05, 0.1) is 0 Å². The summed E-state index contributed by atoms with van der Waals surface area (Å²) in [5.74, 6) is 0.171. The highest BCUT2D eigenvalue weighted by Crippen LogP contribution is 2.14.